The lowest BCUT2D eigenvalue weighted by atomic mass is 9.70. The second kappa shape index (κ2) is 12.3. The Hall–Kier alpha value is -2.20. The molecule has 6 atom stereocenters. The Morgan fingerprint density at radius 2 is 2.03 bits per heavy atom. The monoisotopic (exact) mass is 608 g/mol. The van der Waals surface area contributed by atoms with E-state index in [1.807, 2.05) is 6.08 Å². The van der Waals surface area contributed by atoms with E-state index in [0.29, 0.717) is 23.6 Å². The zero-order valence-electron chi connectivity index (χ0n) is 21.3. The van der Waals surface area contributed by atoms with Gasteiger partial charge in [-0.3, -0.25) is 14.4 Å². The molecule has 1 aromatic carbocycles. The molecule has 2 amide bonds. The number of aliphatic hydroxyl groups is 1. The van der Waals surface area contributed by atoms with E-state index in [1.165, 1.54) is 9.80 Å². The number of ether oxygens (including phenoxy) is 2. The van der Waals surface area contributed by atoms with E-state index in [4.69, 9.17) is 21.1 Å². The first kappa shape index (κ1) is 28.8. The van der Waals surface area contributed by atoms with Crippen molar-refractivity contribution >= 4 is 51.0 Å². The zero-order valence-corrected chi connectivity index (χ0v) is 23.6. The number of rotatable bonds is 13. The number of benzene rings is 1. The number of anilines is 1. The van der Waals surface area contributed by atoms with Crippen LogP contribution in [0.25, 0.3) is 0 Å². The number of halogens is 2. The first-order valence-corrected chi connectivity index (χ1v) is 14.3. The SMILES string of the molecule is C=CCCCCOC(=O)[C@H]1[C@H]2C(=O)N(CCCO)C(C(=O)N(CC=C)c3ccccc3Cl)C23CC(Br)[C@@H]1O3. The van der Waals surface area contributed by atoms with Crippen molar-refractivity contribution in [1.29, 1.82) is 0 Å². The molecule has 3 aliphatic rings. The van der Waals surface area contributed by atoms with Gasteiger partial charge in [0.15, 0.2) is 0 Å². The third-order valence-corrected chi connectivity index (χ3v) is 8.78. The van der Waals surface area contributed by atoms with Crippen LogP contribution >= 0.6 is 27.5 Å². The van der Waals surface area contributed by atoms with Gasteiger partial charge in [-0.2, -0.15) is 0 Å². The highest BCUT2D eigenvalue weighted by Crippen LogP contribution is 2.60. The molecular weight excluding hydrogens is 576 g/mol. The fraction of sp³-hybridized carbons (Fsp3) is 0.536. The summed E-state index contributed by atoms with van der Waals surface area (Å²) in [5, 5.41) is 9.92. The van der Waals surface area contributed by atoms with Crippen molar-refractivity contribution in [3.63, 3.8) is 0 Å². The number of unbranched alkanes of at least 4 members (excludes halogenated alkanes) is 2. The predicted octanol–water partition coefficient (Wildman–Crippen LogP) is 3.89. The summed E-state index contributed by atoms with van der Waals surface area (Å²) in [6, 6.07) is 5.98. The fourth-order valence-electron chi connectivity index (χ4n) is 6.07. The molecule has 1 N–H and O–H groups in total. The van der Waals surface area contributed by atoms with Crippen molar-refractivity contribution in [2.24, 2.45) is 11.8 Å². The van der Waals surface area contributed by atoms with E-state index in [1.54, 1.807) is 30.3 Å². The molecule has 3 fully saturated rings. The van der Waals surface area contributed by atoms with E-state index in [2.05, 4.69) is 29.1 Å². The van der Waals surface area contributed by atoms with Crippen LogP contribution < -0.4 is 4.90 Å². The number of likely N-dealkylation sites (tertiary alicyclic amines) is 1. The number of allylic oxidation sites excluding steroid dienone is 1. The van der Waals surface area contributed by atoms with Crippen molar-refractivity contribution in [2.45, 2.75) is 54.7 Å². The van der Waals surface area contributed by atoms with Crippen LogP contribution in [0.2, 0.25) is 5.02 Å². The van der Waals surface area contributed by atoms with Crippen LogP contribution in [0.15, 0.2) is 49.6 Å². The van der Waals surface area contributed by atoms with Crippen LogP contribution in [0.1, 0.15) is 32.1 Å². The van der Waals surface area contributed by atoms with E-state index >= 15 is 0 Å². The molecule has 2 bridgehead atoms. The summed E-state index contributed by atoms with van der Waals surface area (Å²) in [5.74, 6) is -2.87. The molecule has 0 radical (unpaired) electrons. The minimum atomic E-state index is -1.21. The van der Waals surface area contributed by atoms with Gasteiger partial charge >= 0.3 is 5.97 Å². The predicted molar refractivity (Wildman–Crippen MR) is 148 cm³/mol. The molecule has 3 aliphatic heterocycles. The van der Waals surface area contributed by atoms with Gasteiger partial charge in [-0.25, -0.2) is 0 Å². The van der Waals surface area contributed by atoms with Gasteiger partial charge in [-0.05, 0) is 44.2 Å². The Balaban J connectivity index is 1.69. The third-order valence-electron chi connectivity index (χ3n) is 7.62. The topological polar surface area (TPSA) is 96.4 Å². The van der Waals surface area contributed by atoms with Crippen LogP contribution in [0.3, 0.4) is 0 Å². The molecule has 3 heterocycles. The molecule has 0 saturated carbocycles. The minimum Gasteiger partial charge on any atom is -0.465 e. The Labute approximate surface area is 236 Å². The molecule has 206 valence electrons. The summed E-state index contributed by atoms with van der Waals surface area (Å²) in [4.78, 5) is 44.3. The number of carbonyl (C=O) groups is 3. The molecule has 1 spiro atoms. The molecule has 3 saturated heterocycles. The van der Waals surface area contributed by atoms with Crippen LogP contribution in [-0.2, 0) is 23.9 Å². The Bertz CT molecular complexity index is 1090. The van der Waals surface area contributed by atoms with Gasteiger partial charge in [0.2, 0.25) is 5.91 Å². The number of aliphatic hydroxyl groups excluding tert-OH is 1. The number of esters is 1. The number of alkyl halides is 1. The number of fused-ring (bicyclic) bond motifs is 1. The van der Waals surface area contributed by atoms with E-state index < -0.39 is 35.6 Å². The highest BCUT2D eigenvalue weighted by molar-refractivity contribution is 9.09. The maximum atomic E-state index is 14.3. The minimum absolute atomic E-state index is 0.149. The zero-order chi connectivity index (χ0) is 27.4. The molecule has 3 unspecified atom stereocenters. The average molecular weight is 610 g/mol. The number of carbonyl (C=O) groups excluding carboxylic acids is 3. The molecule has 1 aromatic rings. The average Bonchev–Trinajstić information content (AvgIpc) is 3.49. The van der Waals surface area contributed by atoms with E-state index in [9.17, 15) is 19.5 Å². The van der Waals surface area contributed by atoms with Crippen LogP contribution in [-0.4, -0.2) is 76.7 Å². The van der Waals surface area contributed by atoms with Gasteiger partial charge in [-0.1, -0.05) is 51.8 Å². The first-order chi connectivity index (χ1) is 18.3. The second-order valence-electron chi connectivity index (χ2n) is 9.91. The van der Waals surface area contributed by atoms with Crippen LogP contribution in [0.5, 0.6) is 0 Å². The van der Waals surface area contributed by atoms with Gasteiger partial charge in [0.05, 0.1) is 35.3 Å². The number of nitrogens with zero attached hydrogens (tertiary/aromatic N) is 2. The maximum absolute atomic E-state index is 14.3. The molecule has 38 heavy (non-hydrogen) atoms. The Kier molecular flexibility index (Phi) is 9.34. The molecule has 10 heteroatoms. The van der Waals surface area contributed by atoms with Crippen LogP contribution in [0.4, 0.5) is 5.69 Å². The van der Waals surface area contributed by atoms with Crippen LogP contribution in [0, 0.1) is 11.8 Å². The summed E-state index contributed by atoms with van der Waals surface area (Å²) in [6.45, 7) is 7.91. The molecule has 4 rings (SSSR count). The number of hydrogen-bond acceptors (Lipinski definition) is 6. The summed E-state index contributed by atoms with van der Waals surface area (Å²) in [6.07, 6.45) is 5.86. The first-order valence-electron chi connectivity index (χ1n) is 13.0. The lowest BCUT2D eigenvalue weighted by Crippen LogP contribution is -2.57. The largest absolute Gasteiger partial charge is 0.465 e. The summed E-state index contributed by atoms with van der Waals surface area (Å²) < 4.78 is 12.1. The van der Waals surface area contributed by atoms with Gasteiger partial charge in [0.25, 0.3) is 5.91 Å². The maximum Gasteiger partial charge on any atom is 0.312 e. The van der Waals surface area contributed by atoms with Crippen molar-refractivity contribution in [1.82, 2.24) is 4.90 Å². The van der Waals surface area contributed by atoms with Crippen molar-refractivity contribution < 1.29 is 29.0 Å². The number of hydrogen-bond donors (Lipinski definition) is 1. The van der Waals surface area contributed by atoms with E-state index in [0.717, 1.165) is 12.8 Å². The molecule has 0 aromatic heterocycles. The van der Waals surface area contributed by atoms with Crippen molar-refractivity contribution in [3.8, 4) is 0 Å². The van der Waals surface area contributed by atoms with Gasteiger partial charge in [-0.15, -0.1) is 13.2 Å². The summed E-state index contributed by atoms with van der Waals surface area (Å²) >= 11 is 10.1. The van der Waals surface area contributed by atoms with Gasteiger partial charge < -0.3 is 24.4 Å². The highest BCUT2D eigenvalue weighted by Gasteiger charge is 2.77. The summed E-state index contributed by atoms with van der Waals surface area (Å²) in [5.41, 5.74) is -0.720. The standard InChI is InChI=1S/C28H34BrClN2O6/c1-3-5-6-9-16-37-27(36)21-22-25(34)32(14-10-15-33)24(28(22)17-18(29)23(21)38-28)26(35)31(13-4-2)20-12-8-7-11-19(20)30/h3-4,7-8,11-12,18,21-24,33H,1-2,5-6,9-10,13-17H2/t18?,21-,22-,23-,24?,28?/m0/s1. The van der Waals surface area contributed by atoms with Gasteiger partial charge in [0.1, 0.15) is 11.6 Å². The normalized spacial score (nSPS) is 29.3. The lowest BCUT2D eigenvalue weighted by molar-refractivity contribution is -0.155. The Morgan fingerprint density at radius 1 is 1.26 bits per heavy atom. The summed E-state index contributed by atoms with van der Waals surface area (Å²) in [7, 11) is 0. The molecule has 0 aliphatic carbocycles. The third kappa shape index (κ3) is 5.06. The second-order valence-corrected chi connectivity index (χ2v) is 11.5. The quantitative estimate of drug-likeness (QED) is 0.158. The molecule has 8 nitrogen and oxygen atoms in total. The van der Waals surface area contributed by atoms with Crippen molar-refractivity contribution in [2.75, 3.05) is 31.2 Å². The number of amides is 2. The highest BCUT2D eigenvalue weighted by atomic mass is 79.9. The smallest absolute Gasteiger partial charge is 0.312 e. The van der Waals surface area contributed by atoms with E-state index in [-0.39, 0.29) is 49.4 Å². The molecular formula is C28H34BrClN2O6. The lowest BCUT2D eigenvalue weighted by Gasteiger charge is -2.37. The van der Waals surface area contributed by atoms with Crippen molar-refractivity contribution in [3.05, 3.63) is 54.6 Å². The fourth-order valence-corrected chi connectivity index (χ4v) is 7.25. The number of para-hydroxylation sites is 1. The Morgan fingerprint density at radius 3 is 2.71 bits per heavy atom. The van der Waals surface area contributed by atoms with Gasteiger partial charge in [0, 0.05) is 24.5 Å².